The highest BCUT2D eigenvalue weighted by Crippen LogP contribution is 2.16. The number of rotatable bonds is 2. The van der Waals surface area contributed by atoms with Crippen molar-refractivity contribution in [3.63, 3.8) is 0 Å². The molecule has 0 spiro atoms. The highest BCUT2D eigenvalue weighted by Gasteiger charge is 2.22. The quantitative estimate of drug-likeness (QED) is 0.890. The average molecular weight is 298 g/mol. The van der Waals surface area contributed by atoms with Gasteiger partial charge in [0.25, 0.3) is 0 Å². The maximum Gasteiger partial charge on any atom is 0.322 e. The topological polar surface area (TPSA) is 78.4 Å². The van der Waals surface area contributed by atoms with Crippen LogP contribution in [0.25, 0.3) is 11.4 Å². The Kier molecular flexibility index (Phi) is 4.29. The number of aliphatic hydroxyl groups is 1. The van der Waals surface area contributed by atoms with E-state index in [1.54, 1.807) is 17.3 Å². The molecular weight excluding hydrogens is 280 g/mol. The number of aromatic nitrogens is 2. The molecule has 22 heavy (non-hydrogen) atoms. The average Bonchev–Trinajstić information content (AvgIpc) is 2.56. The molecule has 6 nitrogen and oxygen atoms in total. The number of nitrogens with one attached hydrogen (secondary N) is 1. The van der Waals surface area contributed by atoms with Gasteiger partial charge in [-0.1, -0.05) is 30.3 Å². The van der Waals surface area contributed by atoms with Gasteiger partial charge in [-0.3, -0.25) is 0 Å². The van der Waals surface area contributed by atoms with Gasteiger partial charge in [-0.05, 0) is 12.8 Å². The summed E-state index contributed by atoms with van der Waals surface area (Å²) in [5.74, 6) is 0.618. The van der Waals surface area contributed by atoms with E-state index in [-0.39, 0.29) is 6.03 Å². The second-order valence-electron chi connectivity index (χ2n) is 5.33. The highest BCUT2D eigenvalue weighted by molar-refractivity contribution is 5.89. The lowest BCUT2D eigenvalue weighted by Crippen LogP contribution is -2.44. The fraction of sp³-hybridized carbons (Fsp3) is 0.312. The second kappa shape index (κ2) is 6.53. The van der Waals surface area contributed by atoms with Crippen LogP contribution < -0.4 is 5.32 Å². The number of carbonyl (C=O) groups excluding carboxylic acids is 1. The summed E-state index contributed by atoms with van der Waals surface area (Å²) in [6, 6.07) is 9.43. The molecule has 1 unspecified atom stereocenters. The number of amides is 2. The standard InChI is InChI=1S/C16H18N4O2/c21-14-7-4-8-20(11-14)16(22)19-13-9-17-15(18-10-13)12-5-2-1-3-6-12/h1-3,5-6,9-10,14,21H,4,7-8,11H2,(H,19,22). The first-order valence-corrected chi connectivity index (χ1v) is 7.34. The predicted molar refractivity (Wildman–Crippen MR) is 83.3 cm³/mol. The van der Waals surface area contributed by atoms with Crippen LogP contribution in [0, 0.1) is 0 Å². The Bertz CT molecular complexity index is 630. The van der Waals surface area contributed by atoms with E-state index < -0.39 is 6.10 Å². The molecule has 0 saturated carbocycles. The number of likely N-dealkylation sites (tertiary alicyclic amines) is 1. The zero-order valence-electron chi connectivity index (χ0n) is 12.1. The third-order valence-corrected chi connectivity index (χ3v) is 3.62. The predicted octanol–water partition coefficient (Wildman–Crippen LogP) is 2.13. The van der Waals surface area contributed by atoms with Crippen molar-refractivity contribution in [1.29, 1.82) is 0 Å². The number of piperidine rings is 1. The summed E-state index contributed by atoms with van der Waals surface area (Å²) >= 11 is 0. The fourth-order valence-electron chi connectivity index (χ4n) is 2.47. The molecule has 0 radical (unpaired) electrons. The molecule has 2 amide bonds. The molecule has 1 aliphatic heterocycles. The first-order valence-electron chi connectivity index (χ1n) is 7.34. The summed E-state index contributed by atoms with van der Waals surface area (Å²) in [7, 11) is 0. The Labute approximate surface area is 128 Å². The van der Waals surface area contributed by atoms with Crippen LogP contribution in [-0.4, -0.2) is 45.2 Å². The van der Waals surface area contributed by atoms with E-state index in [0.717, 1.165) is 18.4 Å². The molecule has 2 N–H and O–H groups in total. The van der Waals surface area contributed by atoms with Crippen LogP contribution in [0.3, 0.4) is 0 Å². The molecule has 6 heteroatoms. The summed E-state index contributed by atoms with van der Waals surface area (Å²) in [6.07, 6.45) is 4.31. The van der Waals surface area contributed by atoms with Gasteiger partial charge in [0, 0.05) is 18.7 Å². The Morgan fingerprint density at radius 1 is 1.23 bits per heavy atom. The Balaban J connectivity index is 1.65. The summed E-state index contributed by atoms with van der Waals surface area (Å²) < 4.78 is 0. The van der Waals surface area contributed by atoms with Gasteiger partial charge < -0.3 is 15.3 Å². The zero-order valence-corrected chi connectivity index (χ0v) is 12.1. The smallest absolute Gasteiger partial charge is 0.322 e. The maximum atomic E-state index is 12.1. The summed E-state index contributed by atoms with van der Waals surface area (Å²) in [6.45, 7) is 1.03. The first-order chi connectivity index (χ1) is 10.7. The van der Waals surface area contributed by atoms with Crippen molar-refractivity contribution < 1.29 is 9.90 Å². The van der Waals surface area contributed by atoms with Crippen molar-refractivity contribution in [3.8, 4) is 11.4 Å². The number of nitrogens with zero attached hydrogens (tertiary/aromatic N) is 3. The van der Waals surface area contributed by atoms with Crippen LogP contribution in [0.2, 0.25) is 0 Å². The van der Waals surface area contributed by atoms with E-state index in [4.69, 9.17) is 0 Å². The van der Waals surface area contributed by atoms with Crippen LogP contribution in [-0.2, 0) is 0 Å². The van der Waals surface area contributed by atoms with Crippen LogP contribution in [0.4, 0.5) is 10.5 Å². The molecule has 1 fully saturated rings. The number of hydrogen-bond donors (Lipinski definition) is 2. The largest absolute Gasteiger partial charge is 0.391 e. The summed E-state index contributed by atoms with van der Waals surface area (Å²) in [5, 5.41) is 12.4. The van der Waals surface area contributed by atoms with E-state index in [1.807, 2.05) is 30.3 Å². The number of benzene rings is 1. The lowest BCUT2D eigenvalue weighted by Gasteiger charge is -2.30. The SMILES string of the molecule is O=C(Nc1cnc(-c2ccccc2)nc1)N1CCCC(O)C1. The molecule has 0 bridgehead atoms. The second-order valence-corrected chi connectivity index (χ2v) is 5.33. The lowest BCUT2D eigenvalue weighted by molar-refractivity contribution is 0.0883. The first kappa shape index (κ1) is 14.5. The third-order valence-electron chi connectivity index (χ3n) is 3.62. The molecule has 1 atom stereocenters. The van der Waals surface area contributed by atoms with Gasteiger partial charge in [-0.2, -0.15) is 0 Å². The molecule has 3 rings (SSSR count). The molecule has 0 aliphatic carbocycles. The van der Waals surface area contributed by atoms with Crippen LogP contribution >= 0.6 is 0 Å². The molecular formula is C16H18N4O2. The monoisotopic (exact) mass is 298 g/mol. The molecule has 1 aromatic heterocycles. The Morgan fingerprint density at radius 2 is 1.95 bits per heavy atom. The number of urea groups is 1. The van der Waals surface area contributed by atoms with Crippen molar-refractivity contribution >= 4 is 11.7 Å². The van der Waals surface area contributed by atoms with Gasteiger partial charge in [0.1, 0.15) is 0 Å². The number of hydrogen-bond acceptors (Lipinski definition) is 4. The number of β-amino-alcohol motifs (C(OH)–C–C–N with tert-alkyl or cyclic N) is 1. The van der Waals surface area contributed by atoms with Crippen LogP contribution in [0.5, 0.6) is 0 Å². The van der Waals surface area contributed by atoms with Crippen molar-refractivity contribution in [2.75, 3.05) is 18.4 Å². The number of anilines is 1. The molecule has 1 aliphatic rings. The van der Waals surface area contributed by atoms with E-state index in [0.29, 0.717) is 24.6 Å². The normalized spacial score (nSPS) is 18.0. The molecule has 1 saturated heterocycles. The van der Waals surface area contributed by atoms with Crippen LogP contribution in [0.1, 0.15) is 12.8 Å². The minimum absolute atomic E-state index is 0.227. The van der Waals surface area contributed by atoms with Gasteiger partial charge in [-0.15, -0.1) is 0 Å². The lowest BCUT2D eigenvalue weighted by atomic mass is 10.1. The summed E-state index contributed by atoms with van der Waals surface area (Å²) in [4.78, 5) is 22.3. The van der Waals surface area contributed by atoms with Crippen LogP contribution in [0.15, 0.2) is 42.7 Å². The Hall–Kier alpha value is -2.47. The van der Waals surface area contributed by atoms with E-state index in [2.05, 4.69) is 15.3 Å². The highest BCUT2D eigenvalue weighted by atomic mass is 16.3. The van der Waals surface area contributed by atoms with Gasteiger partial charge >= 0.3 is 6.03 Å². The molecule has 2 heterocycles. The number of aliphatic hydroxyl groups excluding tert-OH is 1. The van der Waals surface area contributed by atoms with Gasteiger partial charge in [-0.25, -0.2) is 14.8 Å². The van der Waals surface area contributed by atoms with E-state index in [1.165, 1.54) is 0 Å². The molecule has 114 valence electrons. The van der Waals surface area contributed by atoms with Gasteiger partial charge in [0.15, 0.2) is 5.82 Å². The van der Waals surface area contributed by atoms with Crippen molar-refractivity contribution in [3.05, 3.63) is 42.7 Å². The maximum absolute atomic E-state index is 12.1. The zero-order chi connectivity index (χ0) is 15.4. The van der Waals surface area contributed by atoms with Crippen molar-refractivity contribution in [2.24, 2.45) is 0 Å². The minimum atomic E-state index is -0.434. The van der Waals surface area contributed by atoms with E-state index >= 15 is 0 Å². The van der Waals surface area contributed by atoms with Gasteiger partial charge in [0.05, 0.1) is 24.2 Å². The molecule has 1 aromatic carbocycles. The van der Waals surface area contributed by atoms with Crippen molar-refractivity contribution in [2.45, 2.75) is 18.9 Å². The molecule has 2 aromatic rings. The Morgan fingerprint density at radius 3 is 2.64 bits per heavy atom. The third kappa shape index (κ3) is 3.40. The minimum Gasteiger partial charge on any atom is -0.391 e. The fourth-order valence-corrected chi connectivity index (χ4v) is 2.47. The summed E-state index contributed by atoms with van der Waals surface area (Å²) in [5.41, 5.74) is 1.48. The number of carbonyl (C=O) groups is 1. The van der Waals surface area contributed by atoms with Crippen molar-refractivity contribution in [1.82, 2.24) is 14.9 Å². The van der Waals surface area contributed by atoms with Gasteiger partial charge in [0.2, 0.25) is 0 Å². The van der Waals surface area contributed by atoms with E-state index in [9.17, 15) is 9.90 Å².